The first kappa shape index (κ1) is 16.3. The van der Waals surface area contributed by atoms with E-state index in [1.807, 2.05) is 25.1 Å². The summed E-state index contributed by atoms with van der Waals surface area (Å²) >= 11 is 0. The minimum absolute atomic E-state index is 0.106. The van der Waals surface area contributed by atoms with Gasteiger partial charge in [0.1, 0.15) is 5.76 Å². The third kappa shape index (κ3) is 3.32. The summed E-state index contributed by atoms with van der Waals surface area (Å²) in [7, 11) is 0. The number of aryl methyl sites for hydroxylation is 1. The van der Waals surface area contributed by atoms with E-state index >= 15 is 0 Å². The summed E-state index contributed by atoms with van der Waals surface area (Å²) in [6, 6.07) is 10.8. The van der Waals surface area contributed by atoms with Crippen molar-refractivity contribution in [3.05, 3.63) is 53.7 Å². The number of nitrogens with zero attached hydrogens (tertiary/aromatic N) is 2. The highest BCUT2D eigenvalue weighted by molar-refractivity contribution is 5.93. The smallest absolute Gasteiger partial charge is 0.273 e. The van der Waals surface area contributed by atoms with Crippen LogP contribution in [0.2, 0.25) is 0 Å². The van der Waals surface area contributed by atoms with E-state index in [1.54, 1.807) is 0 Å². The maximum Gasteiger partial charge on any atom is 0.273 e. The van der Waals surface area contributed by atoms with Crippen molar-refractivity contribution in [1.82, 2.24) is 15.2 Å². The Hall–Kier alpha value is -2.18. The SMILES string of the molecule is CCc1ocnc1C(=O)N[C@@H]1C[C@H]2CO[C@@H](c3ccccc3)CN2C1. The van der Waals surface area contributed by atoms with Crippen LogP contribution in [0.25, 0.3) is 0 Å². The summed E-state index contributed by atoms with van der Waals surface area (Å²) < 4.78 is 11.3. The lowest BCUT2D eigenvalue weighted by atomic mass is 10.1. The van der Waals surface area contributed by atoms with Gasteiger partial charge in [0.2, 0.25) is 0 Å². The number of benzene rings is 1. The molecule has 0 saturated carbocycles. The maximum absolute atomic E-state index is 12.4. The predicted molar refractivity (Wildman–Crippen MR) is 92.2 cm³/mol. The third-order valence-electron chi connectivity index (χ3n) is 5.10. The first-order valence-electron chi connectivity index (χ1n) is 8.88. The van der Waals surface area contributed by atoms with Crippen molar-refractivity contribution in [1.29, 1.82) is 0 Å². The summed E-state index contributed by atoms with van der Waals surface area (Å²) in [6.07, 6.45) is 3.01. The fraction of sp³-hybridized carbons (Fsp3) is 0.474. The molecule has 0 aliphatic carbocycles. The topological polar surface area (TPSA) is 67.6 Å². The highest BCUT2D eigenvalue weighted by Gasteiger charge is 2.38. The molecule has 2 aliphatic heterocycles. The molecular formula is C19H23N3O3. The molecule has 1 N–H and O–H groups in total. The van der Waals surface area contributed by atoms with Gasteiger partial charge < -0.3 is 14.5 Å². The number of hydrogen-bond donors (Lipinski definition) is 1. The van der Waals surface area contributed by atoms with Crippen molar-refractivity contribution in [3.8, 4) is 0 Å². The second-order valence-electron chi connectivity index (χ2n) is 6.72. The Balaban J connectivity index is 1.37. The Kier molecular flexibility index (Phi) is 4.55. The van der Waals surface area contributed by atoms with Crippen LogP contribution in [0.15, 0.2) is 41.1 Å². The number of aromatic nitrogens is 1. The molecule has 25 heavy (non-hydrogen) atoms. The molecule has 2 aliphatic rings. The van der Waals surface area contributed by atoms with Gasteiger partial charge in [0.15, 0.2) is 12.1 Å². The molecule has 4 rings (SSSR count). The number of rotatable bonds is 4. The van der Waals surface area contributed by atoms with Crippen LogP contribution in [0.4, 0.5) is 0 Å². The van der Waals surface area contributed by atoms with E-state index in [4.69, 9.17) is 9.15 Å². The number of carbonyl (C=O) groups excluding carboxylic acids is 1. The summed E-state index contributed by atoms with van der Waals surface area (Å²) in [4.78, 5) is 18.9. The summed E-state index contributed by atoms with van der Waals surface area (Å²) in [5.74, 6) is 0.497. The molecule has 0 bridgehead atoms. The molecule has 6 nitrogen and oxygen atoms in total. The molecule has 1 aromatic heterocycles. The lowest BCUT2D eigenvalue weighted by Gasteiger charge is -2.35. The minimum Gasteiger partial charge on any atom is -0.448 e. The Labute approximate surface area is 147 Å². The van der Waals surface area contributed by atoms with Crippen molar-refractivity contribution >= 4 is 5.91 Å². The van der Waals surface area contributed by atoms with Crippen LogP contribution < -0.4 is 5.32 Å². The fourth-order valence-corrected chi connectivity index (χ4v) is 3.81. The molecule has 132 valence electrons. The first-order valence-corrected chi connectivity index (χ1v) is 8.88. The number of carbonyl (C=O) groups is 1. The van der Waals surface area contributed by atoms with E-state index in [0.29, 0.717) is 30.5 Å². The Morgan fingerprint density at radius 2 is 2.16 bits per heavy atom. The molecule has 2 fully saturated rings. The molecule has 2 saturated heterocycles. The van der Waals surface area contributed by atoms with Gasteiger partial charge in [-0.25, -0.2) is 4.98 Å². The van der Waals surface area contributed by atoms with Crippen LogP contribution >= 0.6 is 0 Å². The molecule has 1 aromatic carbocycles. The van der Waals surface area contributed by atoms with Crippen molar-refractivity contribution in [3.63, 3.8) is 0 Å². The van der Waals surface area contributed by atoms with Gasteiger partial charge in [-0.05, 0) is 12.0 Å². The Bertz CT molecular complexity index is 731. The Morgan fingerprint density at radius 1 is 1.32 bits per heavy atom. The van der Waals surface area contributed by atoms with Crippen LogP contribution in [0, 0.1) is 0 Å². The summed E-state index contributed by atoms with van der Waals surface area (Å²) in [5, 5.41) is 3.11. The second kappa shape index (κ2) is 6.98. The number of morpholine rings is 1. The molecule has 0 radical (unpaired) electrons. The van der Waals surface area contributed by atoms with Gasteiger partial charge >= 0.3 is 0 Å². The van der Waals surface area contributed by atoms with Crippen molar-refractivity contribution in [2.24, 2.45) is 0 Å². The normalized spacial score (nSPS) is 26.4. The fourth-order valence-electron chi connectivity index (χ4n) is 3.81. The minimum atomic E-state index is -0.143. The highest BCUT2D eigenvalue weighted by Crippen LogP contribution is 2.30. The second-order valence-corrected chi connectivity index (χ2v) is 6.72. The molecule has 6 heteroatoms. The zero-order chi connectivity index (χ0) is 17.2. The Morgan fingerprint density at radius 3 is 2.96 bits per heavy atom. The lowest BCUT2D eigenvalue weighted by Crippen LogP contribution is -2.43. The number of hydrogen-bond acceptors (Lipinski definition) is 5. The van der Waals surface area contributed by atoms with Crippen LogP contribution in [0.1, 0.15) is 41.3 Å². The van der Waals surface area contributed by atoms with Gasteiger partial charge in [-0.3, -0.25) is 9.69 Å². The average molecular weight is 341 g/mol. The average Bonchev–Trinajstić information content (AvgIpc) is 3.27. The molecule has 0 unspecified atom stereocenters. The van der Waals surface area contributed by atoms with Gasteiger partial charge in [-0.2, -0.15) is 0 Å². The van der Waals surface area contributed by atoms with Gasteiger partial charge in [-0.15, -0.1) is 0 Å². The largest absolute Gasteiger partial charge is 0.448 e. The van der Waals surface area contributed by atoms with Gasteiger partial charge in [0, 0.05) is 31.6 Å². The zero-order valence-corrected chi connectivity index (χ0v) is 14.4. The molecule has 3 atom stereocenters. The third-order valence-corrected chi connectivity index (χ3v) is 5.10. The van der Waals surface area contributed by atoms with E-state index in [-0.39, 0.29) is 18.1 Å². The quantitative estimate of drug-likeness (QED) is 0.923. The van der Waals surface area contributed by atoms with Gasteiger partial charge in [-0.1, -0.05) is 37.3 Å². The van der Waals surface area contributed by atoms with E-state index in [0.717, 1.165) is 19.5 Å². The molecule has 2 aromatic rings. The van der Waals surface area contributed by atoms with Crippen LogP contribution in [-0.4, -0.2) is 47.6 Å². The van der Waals surface area contributed by atoms with Crippen LogP contribution in [0.3, 0.4) is 0 Å². The molecule has 3 heterocycles. The number of oxazole rings is 1. The van der Waals surface area contributed by atoms with Crippen molar-refractivity contribution in [2.75, 3.05) is 19.7 Å². The van der Waals surface area contributed by atoms with E-state index in [2.05, 4.69) is 27.3 Å². The van der Waals surface area contributed by atoms with Crippen molar-refractivity contribution < 1.29 is 13.9 Å². The molecular weight excluding hydrogens is 318 g/mol. The molecule has 1 amide bonds. The van der Waals surface area contributed by atoms with Gasteiger partial charge in [0.25, 0.3) is 5.91 Å². The lowest BCUT2D eigenvalue weighted by molar-refractivity contribution is -0.0502. The van der Waals surface area contributed by atoms with Crippen LogP contribution in [-0.2, 0) is 11.2 Å². The zero-order valence-electron chi connectivity index (χ0n) is 14.4. The van der Waals surface area contributed by atoms with Gasteiger partial charge in [0.05, 0.1) is 12.7 Å². The monoisotopic (exact) mass is 341 g/mol. The van der Waals surface area contributed by atoms with E-state index in [9.17, 15) is 4.79 Å². The maximum atomic E-state index is 12.4. The highest BCUT2D eigenvalue weighted by atomic mass is 16.5. The number of nitrogens with one attached hydrogen (secondary N) is 1. The number of amides is 1. The van der Waals surface area contributed by atoms with E-state index in [1.165, 1.54) is 12.0 Å². The molecule has 0 spiro atoms. The van der Waals surface area contributed by atoms with E-state index < -0.39 is 0 Å². The summed E-state index contributed by atoms with van der Waals surface area (Å²) in [5.41, 5.74) is 1.62. The van der Waals surface area contributed by atoms with Crippen molar-refractivity contribution in [2.45, 2.75) is 38.0 Å². The first-order chi connectivity index (χ1) is 12.2. The van der Waals surface area contributed by atoms with Crippen LogP contribution in [0.5, 0.6) is 0 Å². The predicted octanol–water partition coefficient (Wildman–Crippen LogP) is 2.18. The standard InChI is InChI=1S/C19H23N3O3/c1-2-16-18(20-12-25-16)19(23)21-14-8-15-11-24-17(10-22(15)9-14)13-6-4-3-5-7-13/h3-7,12,14-15,17H,2,8-11H2,1H3,(H,21,23)/t14-,15+,17-/m1/s1. The number of fused-ring (bicyclic) bond motifs is 1. The summed E-state index contributed by atoms with van der Waals surface area (Å²) in [6.45, 7) is 4.37. The number of ether oxygens (including phenoxy) is 1.